The Balaban J connectivity index is 0.00000178. The van der Waals surface area contributed by atoms with E-state index in [1.54, 1.807) is 0 Å². The SMILES string of the molecule is Cl.Cl.Cl.O=C(CCC1CCN(Cc2ccccn2)CC1)c1ccc2c(c1)CN(Cc1ccc(F)cc1)CCC2. The lowest BCUT2D eigenvalue weighted by Crippen LogP contribution is -2.33. The molecule has 2 aliphatic rings. The third kappa shape index (κ3) is 9.54. The third-order valence-corrected chi connectivity index (χ3v) is 7.76. The van der Waals surface area contributed by atoms with E-state index in [1.165, 1.54) is 23.3 Å². The van der Waals surface area contributed by atoms with E-state index >= 15 is 0 Å². The van der Waals surface area contributed by atoms with Crippen molar-refractivity contribution in [3.63, 3.8) is 0 Å². The fourth-order valence-electron chi connectivity index (χ4n) is 5.62. The van der Waals surface area contributed by atoms with Crippen molar-refractivity contribution in [3.8, 4) is 0 Å². The fourth-order valence-corrected chi connectivity index (χ4v) is 5.62. The predicted octanol–water partition coefficient (Wildman–Crippen LogP) is 7.31. The Bertz CT molecular complexity index is 1160. The third-order valence-electron chi connectivity index (χ3n) is 7.76. The second-order valence-corrected chi connectivity index (χ2v) is 10.4. The van der Waals surface area contributed by atoms with Crippen LogP contribution in [-0.4, -0.2) is 40.2 Å². The molecule has 1 aromatic heterocycles. The predicted molar refractivity (Wildman–Crippen MR) is 163 cm³/mol. The second kappa shape index (κ2) is 16.3. The molecule has 0 atom stereocenters. The highest BCUT2D eigenvalue weighted by atomic mass is 35.5. The Morgan fingerprint density at radius 3 is 2.36 bits per heavy atom. The Morgan fingerprint density at radius 2 is 1.64 bits per heavy atom. The number of fused-ring (bicyclic) bond motifs is 1. The number of ketones is 1. The summed E-state index contributed by atoms with van der Waals surface area (Å²) in [5.74, 6) is 0.696. The molecule has 1 saturated heterocycles. The largest absolute Gasteiger partial charge is 0.297 e. The number of aryl methyl sites for hydroxylation is 1. The van der Waals surface area contributed by atoms with Gasteiger partial charge in [0.2, 0.25) is 0 Å². The van der Waals surface area contributed by atoms with Gasteiger partial charge in [0.15, 0.2) is 5.78 Å². The van der Waals surface area contributed by atoms with Crippen LogP contribution in [0.2, 0.25) is 0 Å². The molecule has 0 saturated carbocycles. The Labute approximate surface area is 250 Å². The van der Waals surface area contributed by atoms with Gasteiger partial charge in [0.25, 0.3) is 0 Å². The van der Waals surface area contributed by atoms with E-state index < -0.39 is 0 Å². The number of Topliss-reactive ketones (excluding diaryl/α,β-unsaturated/α-hetero) is 1. The molecule has 0 unspecified atom stereocenters. The number of hydrogen-bond acceptors (Lipinski definition) is 4. The van der Waals surface area contributed by atoms with Crippen molar-refractivity contribution in [2.45, 2.75) is 58.2 Å². The van der Waals surface area contributed by atoms with Crippen LogP contribution in [0.15, 0.2) is 66.9 Å². The van der Waals surface area contributed by atoms with Crippen LogP contribution < -0.4 is 0 Å². The van der Waals surface area contributed by atoms with Crippen LogP contribution >= 0.6 is 37.2 Å². The number of aromatic nitrogens is 1. The molecule has 8 heteroatoms. The monoisotopic (exact) mass is 593 g/mol. The van der Waals surface area contributed by atoms with Crippen LogP contribution in [-0.2, 0) is 26.1 Å². The number of piperidine rings is 1. The summed E-state index contributed by atoms with van der Waals surface area (Å²) in [5, 5.41) is 0. The highest BCUT2D eigenvalue weighted by Gasteiger charge is 2.21. The van der Waals surface area contributed by atoms with E-state index in [1.807, 2.05) is 36.5 Å². The average Bonchev–Trinajstić information content (AvgIpc) is 3.11. The molecule has 0 bridgehead atoms. The molecular weight excluding hydrogens is 556 g/mol. The molecule has 212 valence electrons. The van der Waals surface area contributed by atoms with Crippen molar-refractivity contribution in [3.05, 3.63) is 101 Å². The minimum absolute atomic E-state index is 0. The molecule has 4 nitrogen and oxygen atoms in total. The molecule has 3 aromatic rings. The van der Waals surface area contributed by atoms with Crippen LogP contribution in [0, 0.1) is 11.7 Å². The highest BCUT2D eigenvalue weighted by Crippen LogP contribution is 2.26. The lowest BCUT2D eigenvalue weighted by atomic mass is 9.89. The molecule has 1 fully saturated rings. The number of hydrogen-bond donors (Lipinski definition) is 0. The Hall–Kier alpha value is -2.02. The maximum Gasteiger partial charge on any atom is 0.162 e. The van der Waals surface area contributed by atoms with Gasteiger partial charge in [-0.15, -0.1) is 37.2 Å². The summed E-state index contributed by atoms with van der Waals surface area (Å²) in [7, 11) is 0. The first-order chi connectivity index (χ1) is 17.6. The minimum atomic E-state index is -0.196. The van der Waals surface area contributed by atoms with Gasteiger partial charge >= 0.3 is 0 Å². The maximum atomic E-state index is 13.3. The van der Waals surface area contributed by atoms with E-state index in [4.69, 9.17) is 0 Å². The number of pyridine rings is 1. The van der Waals surface area contributed by atoms with Crippen LogP contribution in [0.4, 0.5) is 4.39 Å². The van der Waals surface area contributed by atoms with Gasteiger partial charge in [-0.05, 0) is 105 Å². The molecule has 0 radical (unpaired) electrons. The van der Waals surface area contributed by atoms with Crippen molar-refractivity contribution < 1.29 is 9.18 Å². The molecule has 0 amide bonds. The van der Waals surface area contributed by atoms with Gasteiger partial charge in [-0.1, -0.05) is 30.3 Å². The summed E-state index contributed by atoms with van der Waals surface area (Å²) >= 11 is 0. The summed E-state index contributed by atoms with van der Waals surface area (Å²) < 4.78 is 13.3. The van der Waals surface area contributed by atoms with Crippen molar-refractivity contribution in [2.24, 2.45) is 5.92 Å². The molecular formula is C31H39Cl3FN3O. The van der Waals surface area contributed by atoms with Crippen LogP contribution in [0.25, 0.3) is 0 Å². The topological polar surface area (TPSA) is 36.4 Å². The summed E-state index contributed by atoms with van der Waals surface area (Å²) in [4.78, 5) is 22.4. The quantitative estimate of drug-likeness (QED) is 0.256. The van der Waals surface area contributed by atoms with Crippen molar-refractivity contribution in [2.75, 3.05) is 19.6 Å². The first-order valence-corrected chi connectivity index (χ1v) is 13.4. The summed E-state index contributed by atoms with van der Waals surface area (Å²) in [6.07, 6.45) is 7.92. The minimum Gasteiger partial charge on any atom is -0.297 e. The van der Waals surface area contributed by atoms with E-state index in [9.17, 15) is 9.18 Å². The zero-order chi connectivity index (χ0) is 24.7. The number of carbonyl (C=O) groups is 1. The normalized spacial score (nSPS) is 16.1. The molecule has 3 heterocycles. The fraction of sp³-hybridized carbons (Fsp3) is 0.419. The summed E-state index contributed by atoms with van der Waals surface area (Å²) in [6, 6.07) is 19.2. The number of rotatable bonds is 8. The Morgan fingerprint density at radius 1 is 0.872 bits per heavy atom. The molecule has 2 aromatic carbocycles. The van der Waals surface area contributed by atoms with E-state index in [0.29, 0.717) is 12.3 Å². The number of benzene rings is 2. The zero-order valence-corrected chi connectivity index (χ0v) is 24.7. The first-order valence-electron chi connectivity index (χ1n) is 13.4. The van der Waals surface area contributed by atoms with Gasteiger partial charge in [0.05, 0.1) is 5.69 Å². The molecule has 0 N–H and O–H groups in total. The van der Waals surface area contributed by atoms with Crippen molar-refractivity contribution in [1.82, 2.24) is 14.8 Å². The summed E-state index contributed by atoms with van der Waals surface area (Å²) in [5.41, 5.74) is 5.73. The second-order valence-electron chi connectivity index (χ2n) is 10.4. The van der Waals surface area contributed by atoms with E-state index in [0.717, 1.165) is 88.2 Å². The average molecular weight is 595 g/mol. The van der Waals surface area contributed by atoms with E-state index in [-0.39, 0.29) is 48.8 Å². The lowest BCUT2D eigenvalue weighted by molar-refractivity contribution is 0.0961. The lowest BCUT2D eigenvalue weighted by Gasteiger charge is -2.31. The number of halogens is 4. The first kappa shape index (κ1) is 33.2. The maximum absolute atomic E-state index is 13.3. The van der Waals surface area contributed by atoms with Crippen molar-refractivity contribution in [1.29, 1.82) is 0 Å². The van der Waals surface area contributed by atoms with Gasteiger partial charge < -0.3 is 0 Å². The van der Waals surface area contributed by atoms with Crippen LogP contribution in [0.5, 0.6) is 0 Å². The van der Waals surface area contributed by atoms with Gasteiger partial charge in [-0.25, -0.2) is 4.39 Å². The number of nitrogens with zero attached hydrogens (tertiary/aromatic N) is 3. The Kier molecular flexibility index (Phi) is 13.9. The van der Waals surface area contributed by atoms with Gasteiger partial charge in [0, 0.05) is 37.8 Å². The molecule has 5 rings (SSSR count). The van der Waals surface area contributed by atoms with Crippen LogP contribution in [0.3, 0.4) is 0 Å². The zero-order valence-electron chi connectivity index (χ0n) is 22.3. The van der Waals surface area contributed by atoms with Gasteiger partial charge in [-0.3, -0.25) is 19.6 Å². The molecule has 39 heavy (non-hydrogen) atoms. The highest BCUT2D eigenvalue weighted by molar-refractivity contribution is 5.96. The standard InChI is InChI=1S/C31H36FN3O.3ClH/c32-29-11-6-25(7-12-29)21-35-17-3-4-26-9-10-27(20-28(26)22-35)31(36)13-8-24-14-18-34(19-15-24)23-30-5-1-2-16-33-30;;;/h1-2,5-7,9-12,16,20,24H,3-4,8,13-15,17-19,21-23H2;3*1H. The summed E-state index contributed by atoms with van der Waals surface area (Å²) in [6.45, 7) is 5.73. The molecule has 0 aliphatic carbocycles. The van der Waals surface area contributed by atoms with Gasteiger partial charge in [0.1, 0.15) is 5.82 Å². The van der Waals surface area contributed by atoms with Crippen molar-refractivity contribution >= 4 is 43.0 Å². The molecule has 0 spiro atoms. The van der Waals surface area contributed by atoms with Crippen LogP contribution in [0.1, 0.15) is 64.8 Å². The smallest absolute Gasteiger partial charge is 0.162 e. The van der Waals surface area contributed by atoms with Gasteiger partial charge in [-0.2, -0.15) is 0 Å². The number of likely N-dealkylation sites (tertiary alicyclic amines) is 1. The number of carbonyl (C=O) groups excluding carboxylic acids is 1. The van der Waals surface area contributed by atoms with E-state index in [2.05, 4.69) is 33.0 Å². The molecule has 2 aliphatic heterocycles.